The lowest BCUT2D eigenvalue weighted by Gasteiger charge is -2.22. The number of ether oxygens (including phenoxy) is 1. The van der Waals surface area contributed by atoms with E-state index >= 15 is 0 Å². The molecule has 0 aromatic carbocycles. The third kappa shape index (κ3) is 3.91. The summed E-state index contributed by atoms with van der Waals surface area (Å²) in [5.41, 5.74) is 1.95. The second kappa shape index (κ2) is 7.58. The zero-order valence-electron chi connectivity index (χ0n) is 16.1. The van der Waals surface area contributed by atoms with E-state index < -0.39 is 0 Å². The molecule has 0 bridgehead atoms. The molecule has 0 N–H and O–H groups in total. The van der Waals surface area contributed by atoms with Crippen molar-refractivity contribution < 1.29 is 9.53 Å². The molecule has 27 heavy (non-hydrogen) atoms. The number of hydrogen-bond acceptors (Lipinski definition) is 5. The van der Waals surface area contributed by atoms with Crippen LogP contribution in [0.25, 0.3) is 0 Å². The van der Waals surface area contributed by atoms with Gasteiger partial charge < -0.3 is 14.5 Å². The maximum Gasteiger partial charge on any atom is 0.244 e. The van der Waals surface area contributed by atoms with Crippen LogP contribution in [-0.4, -0.2) is 57.9 Å². The highest BCUT2D eigenvalue weighted by atomic mass is 16.5. The van der Waals surface area contributed by atoms with Gasteiger partial charge in [0.15, 0.2) is 11.6 Å². The molecule has 0 aliphatic carbocycles. The van der Waals surface area contributed by atoms with Crippen LogP contribution in [0.15, 0.2) is 24.4 Å². The monoisotopic (exact) mass is 369 g/mol. The molecular weight excluding hydrogens is 342 g/mol. The highest BCUT2D eigenvalue weighted by Gasteiger charge is 2.29. The molecule has 2 saturated heterocycles. The number of pyridine rings is 1. The maximum atomic E-state index is 12.6. The fraction of sp³-hybridized carbons (Fsp3) is 0.550. The van der Waals surface area contributed by atoms with Gasteiger partial charge in [0.05, 0.1) is 12.2 Å². The maximum absolute atomic E-state index is 12.6. The normalized spacial score (nSPS) is 19.7. The minimum Gasteiger partial charge on any atom is -0.485 e. The van der Waals surface area contributed by atoms with Crippen LogP contribution in [0.2, 0.25) is 0 Å². The van der Waals surface area contributed by atoms with Gasteiger partial charge in [-0.2, -0.15) is 5.10 Å². The zero-order chi connectivity index (χ0) is 18.8. The number of carbonyl (C=O) groups excluding carboxylic acids is 1. The number of rotatable bonds is 5. The smallest absolute Gasteiger partial charge is 0.244 e. The lowest BCUT2D eigenvalue weighted by atomic mass is 10.3. The summed E-state index contributed by atoms with van der Waals surface area (Å²) in [4.78, 5) is 21.3. The van der Waals surface area contributed by atoms with Crippen LogP contribution >= 0.6 is 0 Å². The molecule has 144 valence electrons. The Morgan fingerprint density at radius 1 is 1.26 bits per heavy atom. The molecule has 7 heteroatoms. The van der Waals surface area contributed by atoms with Gasteiger partial charge in [0.1, 0.15) is 12.6 Å². The molecule has 2 aromatic rings. The van der Waals surface area contributed by atoms with E-state index in [2.05, 4.69) is 15.0 Å². The van der Waals surface area contributed by atoms with E-state index in [-0.39, 0.29) is 18.6 Å². The van der Waals surface area contributed by atoms with Gasteiger partial charge in [0, 0.05) is 37.9 Å². The van der Waals surface area contributed by atoms with Crippen molar-refractivity contribution in [2.75, 3.05) is 31.1 Å². The molecule has 1 atom stereocenters. The van der Waals surface area contributed by atoms with Gasteiger partial charge in [-0.25, -0.2) is 4.98 Å². The number of carbonyl (C=O) groups is 1. The second-order valence-electron chi connectivity index (χ2n) is 7.47. The predicted octanol–water partition coefficient (Wildman–Crippen LogP) is 2.18. The zero-order valence-corrected chi connectivity index (χ0v) is 16.1. The third-order valence-corrected chi connectivity index (χ3v) is 5.34. The number of amides is 1. The van der Waals surface area contributed by atoms with Crippen molar-refractivity contribution in [1.29, 1.82) is 0 Å². The van der Waals surface area contributed by atoms with Crippen molar-refractivity contribution in [2.45, 2.75) is 45.8 Å². The van der Waals surface area contributed by atoms with Gasteiger partial charge in [0.25, 0.3) is 0 Å². The predicted molar refractivity (Wildman–Crippen MR) is 103 cm³/mol. The number of aromatic nitrogens is 3. The first kappa shape index (κ1) is 17.8. The molecule has 2 fully saturated rings. The fourth-order valence-corrected chi connectivity index (χ4v) is 3.93. The Bertz CT molecular complexity index is 812. The lowest BCUT2D eigenvalue weighted by Crippen LogP contribution is -2.34. The van der Waals surface area contributed by atoms with E-state index in [1.165, 1.54) is 12.8 Å². The van der Waals surface area contributed by atoms with Crippen LogP contribution in [0.1, 0.15) is 30.7 Å². The van der Waals surface area contributed by atoms with Gasteiger partial charge in [-0.05, 0) is 44.9 Å². The van der Waals surface area contributed by atoms with Crippen LogP contribution < -0.4 is 9.64 Å². The Hall–Kier alpha value is -2.57. The standard InChI is InChI=1S/C20H27N5O2/c1-15-12-16(2)25(22-15)14-19(26)24-11-7-17(13-24)27-18-6-5-8-21-20(18)23-9-3-4-10-23/h5-6,8,12,17H,3-4,7,9-11,13-14H2,1-2H3. The topological polar surface area (TPSA) is 63.5 Å². The first-order valence-electron chi connectivity index (χ1n) is 9.75. The highest BCUT2D eigenvalue weighted by Crippen LogP contribution is 2.30. The number of nitrogens with zero attached hydrogens (tertiary/aromatic N) is 5. The average Bonchev–Trinajstić information content (AvgIpc) is 3.38. The Balaban J connectivity index is 1.37. The van der Waals surface area contributed by atoms with Crippen molar-refractivity contribution in [3.05, 3.63) is 35.8 Å². The van der Waals surface area contributed by atoms with E-state index in [4.69, 9.17) is 4.74 Å². The molecule has 1 unspecified atom stereocenters. The van der Waals surface area contributed by atoms with Crippen LogP contribution in [-0.2, 0) is 11.3 Å². The Labute approximate surface area is 159 Å². The molecule has 0 saturated carbocycles. The second-order valence-corrected chi connectivity index (χ2v) is 7.47. The van der Waals surface area contributed by atoms with Gasteiger partial charge in [0.2, 0.25) is 5.91 Å². The van der Waals surface area contributed by atoms with Crippen molar-refractivity contribution >= 4 is 11.7 Å². The van der Waals surface area contributed by atoms with Crippen LogP contribution in [0.3, 0.4) is 0 Å². The molecule has 1 amide bonds. The Kier molecular flexibility index (Phi) is 5.01. The third-order valence-electron chi connectivity index (χ3n) is 5.34. The van der Waals surface area contributed by atoms with Crippen molar-refractivity contribution in [2.24, 2.45) is 0 Å². The minimum atomic E-state index is 0.0138. The Morgan fingerprint density at radius 3 is 2.81 bits per heavy atom. The van der Waals surface area contributed by atoms with E-state index in [0.717, 1.165) is 49.0 Å². The molecule has 0 spiro atoms. The molecule has 0 radical (unpaired) electrons. The van der Waals surface area contributed by atoms with E-state index in [1.54, 1.807) is 4.68 Å². The fourth-order valence-electron chi connectivity index (χ4n) is 3.93. The summed E-state index contributed by atoms with van der Waals surface area (Å²) in [7, 11) is 0. The van der Waals surface area contributed by atoms with E-state index in [1.807, 2.05) is 43.1 Å². The molecule has 4 heterocycles. The summed E-state index contributed by atoms with van der Waals surface area (Å²) in [6.07, 6.45) is 5.08. The average molecular weight is 369 g/mol. The molecule has 2 aromatic heterocycles. The first-order valence-corrected chi connectivity index (χ1v) is 9.75. The van der Waals surface area contributed by atoms with Crippen LogP contribution in [0.4, 0.5) is 5.82 Å². The molecule has 2 aliphatic rings. The van der Waals surface area contributed by atoms with Gasteiger partial charge in [-0.3, -0.25) is 9.48 Å². The summed E-state index contributed by atoms with van der Waals surface area (Å²) in [5, 5.41) is 4.39. The molecule has 4 rings (SSSR count). The van der Waals surface area contributed by atoms with Crippen LogP contribution in [0, 0.1) is 13.8 Å². The largest absolute Gasteiger partial charge is 0.485 e. The summed E-state index contributed by atoms with van der Waals surface area (Å²) >= 11 is 0. The van der Waals surface area contributed by atoms with E-state index in [0.29, 0.717) is 6.54 Å². The van der Waals surface area contributed by atoms with Gasteiger partial charge in [-0.1, -0.05) is 0 Å². The molecular formula is C20H27N5O2. The van der Waals surface area contributed by atoms with Crippen LogP contribution in [0.5, 0.6) is 5.75 Å². The van der Waals surface area contributed by atoms with E-state index in [9.17, 15) is 4.79 Å². The van der Waals surface area contributed by atoms with Gasteiger partial charge >= 0.3 is 0 Å². The number of anilines is 1. The lowest BCUT2D eigenvalue weighted by molar-refractivity contribution is -0.131. The summed E-state index contributed by atoms with van der Waals surface area (Å²) in [6.45, 7) is 7.62. The van der Waals surface area contributed by atoms with Gasteiger partial charge in [-0.15, -0.1) is 0 Å². The van der Waals surface area contributed by atoms with Crippen molar-refractivity contribution in [1.82, 2.24) is 19.7 Å². The highest BCUT2D eigenvalue weighted by molar-refractivity contribution is 5.76. The number of hydrogen-bond donors (Lipinski definition) is 0. The quantitative estimate of drug-likeness (QED) is 0.808. The first-order chi connectivity index (χ1) is 13.1. The molecule has 7 nitrogen and oxygen atoms in total. The summed E-state index contributed by atoms with van der Waals surface area (Å²) in [5.74, 6) is 1.86. The van der Waals surface area contributed by atoms with Crippen molar-refractivity contribution in [3.63, 3.8) is 0 Å². The SMILES string of the molecule is Cc1cc(C)n(CC(=O)N2CCC(Oc3cccnc3N3CCCC3)C2)n1. The molecule has 2 aliphatic heterocycles. The minimum absolute atomic E-state index is 0.0138. The summed E-state index contributed by atoms with van der Waals surface area (Å²) < 4.78 is 8.03. The summed E-state index contributed by atoms with van der Waals surface area (Å²) in [6, 6.07) is 5.89. The number of likely N-dealkylation sites (tertiary alicyclic amines) is 1. The Morgan fingerprint density at radius 2 is 2.07 bits per heavy atom. The van der Waals surface area contributed by atoms with Crippen molar-refractivity contribution in [3.8, 4) is 5.75 Å². The number of aryl methyl sites for hydroxylation is 2.